The topological polar surface area (TPSA) is 55.9 Å². The zero-order valence-electron chi connectivity index (χ0n) is 12.1. The summed E-state index contributed by atoms with van der Waals surface area (Å²) in [5.41, 5.74) is 9.33. The molecule has 0 spiro atoms. The Morgan fingerprint density at radius 1 is 1.10 bits per heavy atom. The van der Waals surface area contributed by atoms with Crippen LogP contribution in [0.25, 0.3) is 0 Å². The molecule has 4 fully saturated rings. The molecule has 0 unspecified atom stereocenters. The number of anilines is 1. The Morgan fingerprint density at radius 3 is 2.35 bits per heavy atom. The minimum Gasteiger partial charge on any atom is -0.384 e. The molecule has 2 heterocycles. The number of nitrogens with two attached hydrogens (primary N) is 1. The molecule has 6 rings (SSSR count). The summed E-state index contributed by atoms with van der Waals surface area (Å²) in [6, 6.07) is 0. The van der Waals surface area contributed by atoms with Gasteiger partial charge in [0, 0.05) is 25.1 Å². The fraction of sp³-hybridized carbons (Fsp3) is 0.812. The van der Waals surface area contributed by atoms with Gasteiger partial charge in [0.1, 0.15) is 5.82 Å². The molecule has 0 amide bonds. The molecule has 5 aliphatic rings. The lowest BCUT2D eigenvalue weighted by Gasteiger charge is -2.56. The predicted molar refractivity (Wildman–Crippen MR) is 78.2 cm³/mol. The molecular weight excluding hydrogens is 248 g/mol. The van der Waals surface area contributed by atoms with E-state index in [-0.39, 0.29) is 5.54 Å². The zero-order chi connectivity index (χ0) is 13.3. The summed E-state index contributed by atoms with van der Waals surface area (Å²) in [7, 11) is 0. The molecule has 0 atom stereocenters. The SMILES string of the molecule is Nc1c2c(nn1C13CC4CC(CC(C4)C1)C3)CCNC2. The highest BCUT2D eigenvalue weighted by atomic mass is 15.4. The zero-order valence-corrected chi connectivity index (χ0v) is 12.1. The number of fused-ring (bicyclic) bond motifs is 1. The Kier molecular flexibility index (Phi) is 2.20. The first-order chi connectivity index (χ1) is 9.73. The molecule has 0 saturated heterocycles. The Labute approximate surface area is 120 Å². The number of nitrogens with zero attached hydrogens (tertiary/aromatic N) is 2. The molecular formula is C16H24N4. The number of rotatable bonds is 1. The van der Waals surface area contributed by atoms with Crippen molar-refractivity contribution in [1.29, 1.82) is 0 Å². The van der Waals surface area contributed by atoms with Crippen LogP contribution in [0.15, 0.2) is 0 Å². The second kappa shape index (κ2) is 3.79. The lowest BCUT2D eigenvalue weighted by molar-refractivity contribution is -0.0483. The van der Waals surface area contributed by atoms with E-state index in [9.17, 15) is 0 Å². The largest absolute Gasteiger partial charge is 0.384 e. The van der Waals surface area contributed by atoms with Crippen molar-refractivity contribution < 1.29 is 0 Å². The fourth-order valence-electron chi connectivity index (χ4n) is 6.01. The second-order valence-corrected chi connectivity index (χ2v) is 7.79. The number of aromatic nitrogens is 2. The first-order valence-corrected chi connectivity index (χ1v) is 8.31. The number of nitrogens with one attached hydrogen (secondary N) is 1. The van der Waals surface area contributed by atoms with E-state index >= 15 is 0 Å². The van der Waals surface area contributed by atoms with Gasteiger partial charge < -0.3 is 11.1 Å². The highest BCUT2D eigenvalue weighted by Gasteiger charge is 2.53. The molecule has 0 radical (unpaired) electrons. The van der Waals surface area contributed by atoms with Crippen LogP contribution in [0.1, 0.15) is 49.8 Å². The van der Waals surface area contributed by atoms with E-state index in [1.165, 1.54) is 49.8 Å². The van der Waals surface area contributed by atoms with Crippen LogP contribution in [0.3, 0.4) is 0 Å². The number of hydrogen-bond acceptors (Lipinski definition) is 3. The Hall–Kier alpha value is -1.03. The van der Waals surface area contributed by atoms with Gasteiger partial charge in [-0.3, -0.25) is 0 Å². The lowest BCUT2D eigenvalue weighted by Crippen LogP contribution is -2.52. The quantitative estimate of drug-likeness (QED) is 0.822. The van der Waals surface area contributed by atoms with Crippen LogP contribution < -0.4 is 11.1 Å². The Morgan fingerprint density at radius 2 is 1.75 bits per heavy atom. The van der Waals surface area contributed by atoms with E-state index in [2.05, 4.69) is 10.00 Å². The van der Waals surface area contributed by atoms with Crippen LogP contribution in [0.2, 0.25) is 0 Å². The molecule has 4 bridgehead atoms. The minimum atomic E-state index is 0.274. The molecule has 3 N–H and O–H groups in total. The fourth-order valence-corrected chi connectivity index (χ4v) is 6.01. The molecule has 4 nitrogen and oxygen atoms in total. The van der Waals surface area contributed by atoms with Gasteiger partial charge in [-0.25, -0.2) is 4.68 Å². The van der Waals surface area contributed by atoms with Gasteiger partial charge in [0.05, 0.1) is 11.2 Å². The first kappa shape index (κ1) is 11.6. The summed E-state index contributed by atoms with van der Waals surface area (Å²) in [5.74, 6) is 3.80. The summed E-state index contributed by atoms with van der Waals surface area (Å²) in [5, 5.41) is 8.43. The van der Waals surface area contributed by atoms with Gasteiger partial charge >= 0.3 is 0 Å². The first-order valence-electron chi connectivity index (χ1n) is 8.31. The highest BCUT2D eigenvalue weighted by molar-refractivity contribution is 5.46. The molecule has 4 aliphatic carbocycles. The lowest BCUT2D eigenvalue weighted by atomic mass is 9.53. The summed E-state index contributed by atoms with van der Waals surface area (Å²) < 4.78 is 2.29. The standard InChI is InChI=1S/C16H24N4/c17-15-13-9-18-2-1-14(13)19-20(15)16-6-10-3-11(7-16)5-12(4-10)8-16/h10-12,18H,1-9,17H2. The molecule has 0 aromatic carbocycles. The maximum atomic E-state index is 6.51. The monoisotopic (exact) mass is 272 g/mol. The van der Waals surface area contributed by atoms with Crippen LogP contribution >= 0.6 is 0 Å². The van der Waals surface area contributed by atoms with E-state index in [0.29, 0.717) is 0 Å². The van der Waals surface area contributed by atoms with Gasteiger partial charge in [-0.2, -0.15) is 5.10 Å². The average molecular weight is 272 g/mol. The molecule has 1 aromatic heterocycles. The summed E-state index contributed by atoms with van der Waals surface area (Å²) in [6.45, 7) is 1.96. The second-order valence-electron chi connectivity index (χ2n) is 7.79. The van der Waals surface area contributed by atoms with Gasteiger partial charge in [0.15, 0.2) is 0 Å². The number of nitrogen functional groups attached to an aromatic ring is 1. The average Bonchev–Trinajstić information content (AvgIpc) is 2.76. The van der Waals surface area contributed by atoms with Crippen molar-refractivity contribution in [3.63, 3.8) is 0 Å². The predicted octanol–water partition coefficient (Wildman–Crippen LogP) is 2.04. The van der Waals surface area contributed by atoms with E-state index in [1.54, 1.807) is 0 Å². The van der Waals surface area contributed by atoms with Gasteiger partial charge in [0.25, 0.3) is 0 Å². The van der Waals surface area contributed by atoms with Crippen LogP contribution in [-0.4, -0.2) is 16.3 Å². The Balaban J connectivity index is 1.61. The van der Waals surface area contributed by atoms with Crippen LogP contribution in [0, 0.1) is 17.8 Å². The van der Waals surface area contributed by atoms with Gasteiger partial charge in [0.2, 0.25) is 0 Å². The Bertz CT molecular complexity index is 524. The minimum absolute atomic E-state index is 0.274. The van der Waals surface area contributed by atoms with Crippen molar-refractivity contribution in [2.24, 2.45) is 17.8 Å². The van der Waals surface area contributed by atoms with Crippen molar-refractivity contribution in [1.82, 2.24) is 15.1 Å². The molecule has 4 heteroatoms. The third-order valence-corrected chi connectivity index (χ3v) is 6.40. The smallest absolute Gasteiger partial charge is 0.127 e. The normalized spacial score (nSPS) is 41.9. The highest BCUT2D eigenvalue weighted by Crippen LogP contribution is 2.59. The van der Waals surface area contributed by atoms with Gasteiger partial charge in [-0.15, -0.1) is 0 Å². The van der Waals surface area contributed by atoms with Crippen molar-refractivity contribution in [2.75, 3.05) is 12.3 Å². The van der Waals surface area contributed by atoms with Crippen molar-refractivity contribution >= 4 is 5.82 Å². The number of hydrogen-bond donors (Lipinski definition) is 2. The summed E-state index contributed by atoms with van der Waals surface area (Å²) in [6.07, 6.45) is 9.45. The van der Waals surface area contributed by atoms with Gasteiger partial charge in [-0.1, -0.05) is 0 Å². The van der Waals surface area contributed by atoms with E-state index < -0.39 is 0 Å². The van der Waals surface area contributed by atoms with E-state index in [1.807, 2.05) is 0 Å². The molecule has 1 aromatic rings. The third-order valence-electron chi connectivity index (χ3n) is 6.40. The summed E-state index contributed by atoms with van der Waals surface area (Å²) in [4.78, 5) is 0. The van der Waals surface area contributed by atoms with Crippen molar-refractivity contribution in [3.8, 4) is 0 Å². The van der Waals surface area contributed by atoms with Gasteiger partial charge in [-0.05, 0) is 56.3 Å². The molecule has 108 valence electrons. The van der Waals surface area contributed by atoms with Crippen LogP contribution in [0.4, 0.5) is 5.82 Å². The molecule has 1 aliphatic heterocycles. The summed E-state index contributed by atoms with van der Waals surface area (Å²) >= 11 is 0. The molecule has 20 heavy (non-hydrogen) atoms. The van der Waals surface area contributed by atoms with E-state index in [4.69, 9.17) is 10.8 Å². The third kappa shape index (κ3) is 1.43. The van der Waals surface area contributed by atoms with Crippen LogP contribution in [0.5, 0.6) is 0 Å². The van der Waals surface area contributed by atoms with Crippen LogP contribution in [-0.2, 0) is 18.5 Å². The maximum absolute atomic E-state index is 6.51. The maximum Gasteiger partial charge on any atom is 0.127 e. The van der Waals surface area contributed by atoms with Crippen molar-refractivity contribution in [3.05, 3.63) is 11.3 Å². The van der Waals surface area contributed by atoms with E-state index in [0.717, 1.165) is 43.1 Å². The molecule has 4 saturated carbocycles. The van der Waals surface area contributed by atoms with Crippen molar-refractivity contribution in [2.45, 2.75) is 57.0 Å².